The van der Waals surface area contributed by atoms with Crippen LogP contribution in [0.3, 0.4) is 0 Å². The molecule has 6 rings (SSSR count). The number of aromatic nitrogens is 1. The molecule has 2 aliphatic heterocycles. The Bertz CT molecular complexity index is 1620. The van der Waals surface area contributed by atoms with Crippen LogP contribution in [-0.2, 0) is 0 Å². The van der Waals surface area contributed by atoms with Gasteiger partial charge in [0.2, 0.25) is 0 Å². The van der Waals surface area contributed by atoms with Gasteiger partial charge in [0.15, 0.2) is 5.78 Å². The minimum absolute atomic E-state index is 0.0473. The molecule has 0 unspecified atom stereocenters. The molecule has 6 nitrogen and oxygen atoms in total. The number of para-hydroxylation sites is 1. The van der Waals surface area contributed by atoms with Crippen LogP contribution in [0.1, 0.15) is 39.1 Å². The zero-order valence-electron chi connectivity index (χ0n) is 22.6. The molecular weight excluding hydrogens is 555 g/mol. The first-order chi connectivity index (χ1) is 20.0. The lowest BCUT2D eigenvalue weighted by Crippen LogP contribution is -2.48. The molecule has 2 saturated heterocycles. The lowest BCUT2D eigenvalue weighted by molar-refractivity contribution is 0.0746. The zero-order valence-corrected chi connectivity index (χ0v) is 24.1. The summed E-state index contributed by atoms with van der Waals surface area (Å²) in [4.78, 5) is 37.4. The van der Waals surface area contributed by atoms with E-state index < -0.39 is 0 Å². The van der Waals surface area contributed by atoms with Gasteiger partial charge >= 0.3 is 0 Å². The van der Waals surface area contributed by atoms with Crippen molar-refractivity contribution < 1.29 is 9.59 Å². The highest BCUT2D eigenvalue weighted by Gasteiger charge is 2.24. The van der Waals surface area contributed by atoms with Crippen molar-refractivity contribution in [3.8, 4) is 0 Å². The van der Waals surface area contributed by atoms with Crippen molar-refractivity contribution in [3.63, 3.8) is 0 Å². The molecule has 2 aliphatic rings. The summed E-state index contributed by atoms with van der Waals surface area (Å²) in [5.74, 6) is 0.759. The third-order valence-corrected chi connectivity index (χ3v) is 8.62. The van der Waals surface area contributed by atoms with Gasteiger partial charge in [0.05, 0.1) is 21.2 Å². The summed E-state index contributed by atoms with van der Waals surface area (Å²) < 4.78 is 0. The molecule has 8 heteroatoms. The van der Waals surface area contributed by atoms with Gasteiger partial charge in [-0.05, 0) is 61.4 Å². The fourth-order valence-corrected chi connectivity index (χ4v) is 5.95. The normalized spacial score (nSPS) is 15.7. The number of amides is 1. The predicted octanol–water partition coefficient (Wildman–Crippen LogP) is 7.00. The number of carbonyl (C=O) groups excluding carboxylic acids is 2. The van der Waals surface area contributed by atoms with E-state index in [1.165, 1.54) is 0 Å². The van der Waals surface area contributed by atoms with E-state index >= 15 is 0 Å². The van der Waals surface area contributed by atoms with Crippen LogP contribution >= 0.6 is 23.2 Å². The standard InChI is InChI=1S/C33H30Cl2N4O2/c34-27-7-5-9-29(31(27)35)37-18-20-39(21-19-37)33(41)24-12-10-23(11-13-24)30(40)15-14-26-22-25-6-1-2-8-28(25)36-32(26)38-16-3-4-17-38/h1-2,5-15,22H,3-4,16-21H2. The monoisotopic (exact) mass is 584 g/mol. The first-order valence-electron chi connectivity index (χ1n) is 13.9. The Morgan fingerprint density at radius 3 is 2.22 bits per heavy atom. The lowest BCUT2D eigenvalue weighted by atomic mass is 10.1. The van der Waals surface area contributed by atoms with Crippen LogP contribution in [0.2, 0.25) is 10.0 Å². The third-order valence-electron chi connectivity index (χ3n) is 7.81. The maximum atomic E-state index is 13.2. The third kappa shape index (κ3) is 5.81. The maximum Gasteiger partial charge on any atom is 0.253 e. The van der Waals surface area contributed by atoms with Gasteiger partial charge < -0.3 is 14.7 Å². The molecule has 0 N–H and O–H groups in total. The number of carbonyl (C=O) groups is 2. The van der Waals surface area contributed by atoms with Crippen molar-refractivity contribution in [2.75, 3.05) is 49.1 Å². The molecule has 0 atom stereocenters. The van der Waals surface area contributed by atoms with E-state index in [0.29, 0.717) is 47.4 Å². The van der Waals surface area contributed by atoms with E-state index in [9.17, 15) is 9.59 Å². The van der Waals surface area contributed by atoms with Gasteiger partial charge in [-0.25, -0.2) is 4.98 Å². The molecule has 4 aromatic rings. The smallest absolute Gasteiger partial charge is 0.253 e. The second-order valence-electron chi connectivity index (χ2n) is 10.4. The molecule has 41 heavy (non-hydrogen) atoms. The van der Waals surface area contributed by atoms with Crippen LogP contribution in [0.15, 0.2) is 78.9 Å². The number of pyridine rings is 1. The van der Waals surface area contributed by atoms with Crippen LogP contribution < -0.4 is 9.80 Å². The van der Waals surface area contributed by atoms with Gasteiger partial charge in [-0.15, -0.1) is 0 Å². The first kappa shape index (κ1) is 27.3. The molecule has 3 heterocycles. The van der Waals surface area contributed by atoms with Crippen LogP contribution in [0.5, 0.6) is 0 Å². The van der Waals surface area contributed by atoms with Crippen molar-refractivity contribution in [2.24, 2.45) is 0 Å². The highest BCUT2D eigenvalue weighted by molar-refractivity contribution is 6.43. The Morgan fingerprint density at radius 1 is 0.756 bits per heavy atom. The van der Waals surface area contributed by atoms with Crippen LogP contribution in [0.4, 0.5) is 11.5 Å². The summed E-state index contributed by atoms with van der Waals surface area (Å²) >= 11 is 12.6. The summed E-state index contributed by atoms with van der Waals surface area (Å²) in [5, 5.41) is 2.10. The molecule has 208 valence electrons. The minimum Gasteiger partial charge on any atom is -0.367 e. The molecule has 0 spiro atoms. The predicted molar refractivity (Wildman–Crippen MR) is 168 cm³/mol. The topological polar surface area (TPSA) is 56.8 Å². The average molecular weight is 586 g/mol. The Balaban J connectivity index is 1.12. The number of nitrogens with zero attached hydrogens (tertiary/aromatic N) is 4. The number of fused-ring (bicyclic) bond motifs is 1. The second-order valence-corrected chi connectivity index (χ2v) is 11.2. The number of halogens is 2. The average Bonchev–Trinajstić information content (AvgIpc) is 3.56. The molecule has 0 aliphatic carbocycles. The van der Waals surface area contributed by atoms with E-state index in [1.54, 1.807) is 36.4 Å². The number of hydrogen-bond donors (Lipinski definition) is 0. The Morgan fingerprint density at radius 2 is 1.46 bits per heavy atom. The van der Waals surface area contributed by atoms with E-state index in [0.717, 1.165) is 53.9 Å². The van der Waals surface area contributed by atoms with Crippen molar-refractivity contribution >= 4 is 63.4 Å². The SMILES string of the molecule is O=C(C=Cc1cc2ccccc2nc1N1CCCC1)c1ccc(C(=O)N2CCN(c3cccc(Cl)c3Cl)CC2)cc1. The number of rotatable bonds is 6. The van der Waals surface area contributed by atoms with Gasteiger partial charge in [-0.1, -0.05) is 59.6 Å². The van der Waals surface area contributed by atoms with Gasteiger partial charge in [-0.3, -0.25) is 9.59 Å². The molecule has 1 aromatic heterocycles. The second kappa shape index (κ2) is 11.9. The van der Waals surface area contributed by atoms with Crippen molar-refractivity contribution in [2.45, 2.75) is 12.8 Å². The Kier molecular flexibility index (Phi) is 7.95. The molecule has 0 saturated carbocycles. The van der Waals surface area contributed by atoms with E-state index in [4.69, 9.17) is 28.2 Å². The highest BCUT2D eigenvalue weighted by atomic mass is 35.5. The highest BCUT2D eigenvalue weighted by Crippen LogP contribution is 2.33. The summed E-state index contributed by atoms with van der Waals surface area (Å²) in [7, 11) is 0. The van der Waals surface area contributed by atoms with Crippen molar-refractivity contribution in [1.82, 2.24) is 9.88 Å². The lowest BCUT2D eigenvalue weighted by Gasteiger charge is -2.36. The fourth-order valence-electron chi connectivity index (χ4n) is 5.54. The maximum absolute atomic E-state index is 13.2. The Hall–Kier alpha value is -3.87. The number of benzene rings is 3. The zero-order chi connectivity index (χ0) is 28.3. The van der Waals surface area contributed by atoms with Gasteiger partial charge in [0.25, 0.3) is 5.91 Å². The molecule has 3 aromatic carbocycles. The number of ketones is 1. The van der Waals surface area contributed by atoms with Crippen molar-refractivity contribution in [3.05, 3.63) is 106 Å². The molecular formula is C33H30Cl2N4O2. The van der Waals surface area contributed by atoms with Gasteiger partial charge in [-0.2, -0.15) is 0 Å². The van der Waals surface area contributed by atoms with E-state index in [1.807, 2.05) is 47.4 Å². The minimum atomic E-state index is -0.114. The van der Waals surface area contributed by atoms with Crippen LogP contribution in [0.25, 0.3) is 17.0 Å². The van der Waals surface area contributed by atoms with Crippen molar-refractivity contribution in [1.29, 1.82) is 0 Å². The summed E-state index contributed by atoms with van der Waals surface area (Å²) in [6, 6.07) is 22.7. The molecule has 0 bridgehead atoms. The number of allylic oxidation sites excluding steroid dienone is 1. The number of anilines is 2. The largest absolute Gasteiger partial charge is 0.367 e. The fraction of sp³-hybridized carbons (Fsp3) is 0.242. The van der Waals surface area contributed by atoms with Gasteiger partial charge in [0.1, 0.15) is 5.82 Å². The van der Waals surface area contributed by atoms with E-state index in [2.05, 4.69) is 15.9 Å². The van der Waals surface area contributed by atoms with Crippen LogP contribution in [0, 0.1) is 0 Å². The summed E-state index contributed by atoms with van der Waals surface area (Å²) in [5.41, 5.74) is 3.87. The van der Waals surface area contributed by atoms with E-state index in [-0.39, 0.29) is 11.7 Å². The first-order valence-corrected chi connectivity index (χ1v) is 14.7. The number of hydrogen-bond acceptors (Lipinski definition) is 5. The molecule has 1 amide bonds. The molecule has 2 fully saturated rings. The summed E-state index contributed by atoms with van der Waals surface area (Å²) in [6.45, 7) is 4.42. The molecule has 0 radical (unpaired) electrons. The van der Waals surface area contributed by atoms with Crippen LogP contribution in [-0.4, -0.2) is 60.8 Å². The quantitative estimate of drug-likeness (QED) is 0.180. The summed E-state index contributed by atoms with van der Waals surface area (Å²) in [6.07, 6.45) is 5.75. The Labute approximate surface area is 249 Å². The van der Waals surface area contributed by atoms with Gasteiger partial charge in [0, 0.05) is 61.3 Å². The number of piperazine rings is 1.